The first kappa shape index (κ1) is 19.6. The molecule has 0 aromatic carbocycles. The minimum absolute atomic E-state index is 0.0109. The summed E-state index contributed by atoms with van der Waals surface area (Å²) in [5.41, 5.74) is 1.12. The van der Waals surface area contributed by atoms with Gasteiger partial charge in [0.1, 0.15) is 0 Å². The normalized spacial score (nSPS) is 62.0. The van der Waals surface area contributed by atoms with Crippen molar-refractivity contribution in [1.29, 1.82) is 0 Å². The van der Waals surface area contributed by atoms with Crippen LogP contribution in [-0.2, 0) is 0 Å². The first-order valence-corrected chi connectivity index (χ1v) is 13.3. The van der Waals surface area contributed by atoms with Gasteiger partial charge in [0.15, 0.2) is 0 Å². The van der Waals surface area contributed by atoms with Gasteiger partial charge in [-0.05, 0) is 116 Å². The Labute approximate surface area is 179 Å². The molecule has 0 spiro atoms. The van der Waals surface area contributed by atoms with Gasteiger partial charge in [-0.25, -0.2) is 0 Å². The van der Waals surface area contributed by atoms with Crippen LogP contribution in [0.3, 0.4) is 0 Å². The van der Waals surface area contributed by atoms with Crippen molar-refractivity contribution in [3.8, 4) is 0 Å². The van der Waals surface area contributed by atoms with E-state index in [1.165, 1.54) is 57.9 Å². The van der Waals surface area contributed by atoms with Gasteiger partial charge in [-0.2, -0.15) is 0 Å². The van der Waals surface area contributed by atoms with E-state index in [0.717, 1.165) is 66.4 Å². The number of fused-ring (bicyclic) bond motifs is 9. The molecule has 0 aromatic heterocycles. The first-order valence-electron chi connectivity index (χ1n) is 13.3. The average Bonchev–Trinajstić information content (AvgIpc) is 3.15. The second-order valence-corrected chi connectivity index (χ2v) is 13.3. The third-order valence-corrected chi connectivity index (χ3v) is 12.3. The molecule has 2 heteroatoms. The topological polar surface area (TPSA) is 23.5 Å². The summed E-state index contributed by atoms with van der Waals surface area (Å²) in [5.74, 6) is 6.47. The van der Waals surface area contributed by atoms with E-state index in [4.69, 9.17) is 0 Å². The SMILES string of the molecule is C[C@H]1CC[C@@H]2[C@@H](C)[C@H]3[C@H](C[C@H]4[C@@H]5CC[C@H]6C[C@@H](O)CC[C@]6(C)C5CC[C@]34C)N2C1. The Morgan fingerprint density at radius 3 is 2.41 bits per heavy atom. The van der Waals surface area contributed by atoms with Crippen molar-refractivity contribution in [1.82, 2.24) is 4.90 Å². The Hall–Kier alpha value is -0.0800. The Morgan fingerprint density at radius 1 is 0.793 bits per heavy atom. The van der Waals surface area contributed by atoms with E-state index in [-0.39, 0.29) is 6.10 Å². The zero-order valence-corrected chi connectivity index (χ0v) is 19.4. The van der Waals surface area contributed by atoms with Gasteiger partial charge in [-0.15, -0.1) is 0 Å². The molecular weight excluding hydrogens is 354 g/mol. The Bertz CT molecular complexity index is 663. The highest BCUT2D eigenvalue weighted by molar-refractivity contribution is 5.17. The molecule has 0 radical (unpaired) electrons. The summed E-state index contributed by atoms with van der Waals surface area (Å²) in [6.07, 6.45) is 13.7. The van der Waals surface area contributed by atoms with Gasteiger partial charge in [-0.3, -0.25) is 4.90 Å². The molecule has 6 rings (SSSR count). The smallest absolute Gasteiger partial charge is 0.0543 e. The van der Waals surface area contributed by atoms with E-state index in [0.29, 0.717) is 10.8 Å². The lowest BCUT2D eigenvalue weighted by Gasteiger charge is -2.61. The molecule has 4 aliphatic carbocycles. The summed E-state index contributed by atoms with van der Waals surface area (Å²) in [7, 11) is 0. The van der Waals surface area contributed by atoms with Crippen molar-refractivity contribution in [2.45, 2.75) is 110 Å². The molecule has 2 nitrogen and oxygen atoms in total. The van der Waals surface area contributed by atoms with Crippen molar-refractivity contribution < 1.29 is 5.11 Å². The summed E-state index contributed by atoms with van der Waals surface area (Å²) >= 11 is 0. The number of aliphatic hydroxyl groups is 1. The lowest BCUT2D eigenvalue weighted by molar-refractivity contribution is -0.129. The van der Waals surface area contributed by atoms with Crippen LogP contribution >= 0.6 is 0 Å². The summed E-state index contributed by atoms with van der Waals surface area (Å²) < 4.78 is 0. The number of piperidine rings is 1. The molecule has 2 saturated heterocycles. The van der Waals surface area contributed by atoms with Gasteiger partial charge >= 0.3 is 0 Å². The van der Waals surface area contributed by atoms with E-state index in [9.17, 15) is 5.11 Å². The van der Waals surface area contributed by atoms with E-state index in [1.54, 1.807) is 0 Å². The second-order valence-electron chi connectivity index (χ2n) is 13.3. The molecule has 0 bridgehead atoms. The molecule has 1 N–H and O–H groups in total. The zero-order chi connectivity index (χ0) is 20.1. The van der Waals surface area contributed by atoms with Crippen molar-refractivity contribution in [3.63, 3.8) is 0 Å². The van der Waals surface area contributed by atoms with Crippen LogP contribution in [0.5, 0.6) is 0 Å². The maximum absolute atomic E-state index is 10.3. The fraction of sp³-hybridized carbons (Fsp3) is 1.00. The van der Waals surface area contributed by atoms with Crippen molar-refractivity contribution in [2.24, 2.45) is 52.3 Å². The monoisotopic (exact) mass is 399 g/mol. The fourth-order valence-corrected chi connectivity index (χ4v) is 11.0. The number of hydrogen-bond donors (Lipinski definition) is 1. The van der Waals surface area contributed by atoms with Gasteiger partial charge in [0.2, 0.25) is 0 Å². The maximum Gasteiger partial charge on any atom is 0.0543 e. The predicted molar refractivity (Wildman–Crippen MR) is 118 cm³/mol. The number of nitrogens with zero attached hydrogens (tertiary/aromatic N) is 1. The van der Waals surface area contributed by atoms with Crippen LogP contribution < -0.4 is 0 Å². The molecule has 164 valence electrons. The number of aliphatic hydroxyl groups excluding tert-OH is 1. The van der Waals surface area contributed by atoms with Gasteiger partial charge in [-0.1, -0.05) is 27.7 Å². The Morgan fingerprint density at radius 2 is 1.59 bits per heavy atom. The lowest BCUT2D eigenvalue weighted by atomic mass is 9.44. The molecule has 6 fully saturated rings. The molecule has 12 atom stereocenters. The van der Waals surface area contributed by atoms with Gasteiger partial charge in [0, 0.05) is 18.6 Å². The van der Waals surface area contributed by atoms with Crippen LogP contribution in [0.25, 0.3) is 0 Å². The third-order valence-electron chi connectivity index (χ3n) is 12.3. The highest BCUT2D eigenvalue weighted by Crippen LogP contribution is 2.70. The van der Waals surface area contributed by atoms with E-state index in [1.807, 2.05) is 0 Å². The molecule has 2 heterocycles. The summed E-state index contributed by atoms with van der Waals surface area (Å²) in [4.78, 5) is 3.03. The minimum Gasteiger partial charge on any atom is -0.393 e. The molecule has 29 heavy (non-hydrogen) atoms. The van der Waals surface area contributed by atoms with Crippen molar-refractivity contribution in [3.05, 3.63) is 0 Å². The summed E-state index contributed by atoms with van der Waals surface area (Å²) in [6, 6.07) is 1.79. The van der Waals surface area contributed by atoms with Crippen molar-refractivity contribution >= 4 is 0 Å². The Balaban J connectivity index is 1.30. The van der Waals surface area contributed by atoms with E-state index in [2.05, 4.69) is 32.6 Å². The molecule has 0 aromatic rings. The van der Waals surface area contributed by atoms with Crippen LogP contribution in [0.2, 0.25) is 0 Å². The highest BCUT2D eigenvalue weighted by atomic mass is 16.3. The Kier molecular flexibility index (Phi) is 4.37. The average molecular weight is 400 g/mol. The molecular formula is C27H45NO. The van der Waals surface area contributed by atoms with E-state index < -0.39 is 0 Å². The fourth-order valence-electron chi connectivity index (χ4n) is 11.0. The maximum atomic E-state index is 10.3. The van der Waals surface area contributed by atoms with Crippen LogP contribution in [0.15, 0.2) is 0 Å². The molecule has 6 aliphatic rings. The molecule has 1 unspecified atom stereocenters. The van der Waals surface area contributed by atoms with Crippen LogP contribution in [0, 0.1) is 52.3 Å². The summed E-state index contributed by atoms with van der Waals surface area (Å²) in [5, 5.41) is 10.3. The highest BCUT2D eigenvalue weighted by Gasteiger charge is 2.66. The van der Waals surface area contributed by atoms with Crippen molar-refractivity contribution in [2.75, 3.05) is 6.54 Å². The lowest BCUT2D eigenvalue weighted by Crippen LogP contribution is -2.54. The number of rotatable bonds is 0. The third kappa shape index (κ3) is 2.54. The van der Waals surface area contributed by atoms with Gasteiger partial charge in [0.25, 0.3) is 0 Å². The zero-order valence-electron chi connectivity index (χ0n) is 19.4. The largest absolute Gasteiger partial charge is 0.393 e. The van der Waals surface area contributed by atoms with Crippen LogP contribution in [0.1, 0.15) is 91.9 Å². The molecule has 0 amide bonds. The standard InChI is InChI=1S/C27H45NO/c1-16-5-8-23-17(2)25-24(28(23)15-16)14-22-20-7-6-18-13-19(29)9-11-26(18,3)21(20)10-12-27(22,25)4/h16-25,29H,5-15H2,1-4H3/t16-,17+,18-,19-,20+,21?,22-,23+,24-,25-,26-,27-/m0/s1. The van der Waals surface area contributed by atoms with Gasteiger partial charge in [0.05, 0.1) is 6.10 Å². The quantitative estimate of drug-likeness (QED) is 0.562. The molecule has 4 saturated carbocycles. The first-order chi connectivity index (χ1) is 13.8. The number of hydrogen-bond acceptors (Lipinski definition) is 2. The van der Waals surface area contributed by atoms with Crippen LogP contribution in [-0.4, -0.2) is 34.7 Å². The van der Waals surface area contributed by atoms with E-state index >= 15 is 0 Å². The summed E-state index contributed by atoms with van der Waals surface area (Å²) in [6.45, 7) is 11.9. The van der Waals surface area contributed by atoms with Gasteiger partial charge < -0.3 is 5.11 Å². The second kappa shape index (κ2) is 6.47. The predicted octanol–water partition coefficient (Wildman–Crippen LogP) is 5.73. The van der Waals surface area contributed by atoms with Crippen LogP contribution in [0.4, 0.5) is 0 Å². The molecule has 2 aliphatic heterocycles. The minimum atomic E-state index is -0.0109.